The number of benzene rings is 1. The van der Waals surface area contributed by atoms with Crippen LogP contribution < -0.4 is 4.72 Å². The van der Waals surface area contributed by atoms with Crippen molar-refractivity contribution in [2.75, 3.05) is 13.1 Å². The van der Waals surface area contributed by atoms with Crippen molar-refractivity contribution in [2.45, 2.75) is 30.7 Å². The van der Waals surface area contributed by atoms with Crippen molar-refractivity contribution in [3.8, 4) is 0 Å². The summed E-state index contributed by atoms with van der Waals surface area (Å²) in [6.07, 6.45) is 2.60. The minimum absolute atomic E-state index is 0.102. The number of likely N-dealkylation sites (tertiary alicyclic amines) is 1. The van der Waals surface area contributed by atoms with Gasteiger partial charge in [-0.25, -0.2) is 13.1 Å². The number of carbonyl (C=O) groups is 2. The summed E-state index contributed by atoms with van der Waals surface area (Å²) in [5, 5.41) is 0. The molecule has 0 saturated carbocycles. The summed E-state index contributed by atoms with van der Waals surface area (Å²) in [4.78, 5) is 28.6. The number of aromatic amines is 1. The van der Waals surface area contributed by atoms with Gasteiger partial charge in [0.1, 0.15) is 5.69 Å². The number of sulfonamides is 1. The number of ketones is 1. The van der Waals surface area contributed by atoms with Crippen LogP contribution in [0.2, 0.25) is 0 Å². The maximum absolute atomic E-state index is 12.5. The molecule has 0 spiro atoms. The first-order valence-electron chi connectivity index (χ1n) is 8.43. The fraction of sp³-hybridized carbons (Fsp3) is 0.333. The molecule has 0 radical (unpaired) electrons. The van der Waals surface area contributed by atoms with Gasteiger partial charge in [-0.15, -0.1) is 0 Å². The fourth-order valence-corrected chi connectivity index (χ4v) is 4.31. The quantitative estimate of drug-likeness (QED) is 0.779. The lowest BCUT2D eigenvalue weighted by Crippen LogP contribution is -2.46. The molecule has 1 fully saturated rings. The maximum atomic E-state index is 12.5. The van der Waals surface area contributed by atoms with Crippen LogP contribution in [0.15, 0.2) is 47.5 Å². The minimum Gasteiger partial charge on any atom is -0.356 e. The van der Waals surface area contributed by atoms with Crippen LogP contribution in [-0.2, 0) is 10.0 Å². The fourth-order valence-electron chi connectivity index (χ4n) is 2.98. The topological polar surface area (TPSA) is 99.3 Å². The molecule has 2 N–H and O–H groups in total. The Labute approximate surface area is 152 Å². The molecule has 2 aromatic rings. The summed E-state index contributed by atoms with van der Waals surface area (Å²) in [5.74, 6) is -0.281. The van der Waals surface area contributed by atoms with Crippen LogP contribution in [0.25, 0.3) is 0 Å². The summed E-state index contributed by atoms with van der Waals surface area (Å²) in [7, 11) is -3.55. The number of piperidine rings is 1. The van der Waals surface area contributed by atoms with Crippen LogP contribution in [-0.4, -0.2) is 49.1 Å². The van der Waals surface area contributed by atoms with Crippen molar-refractivity contribution in [1.29, 1.82) is 0 Å². The zero-order chi connectivity index (χ0) is 18.7. The normalized spacial score (nSPS) is 15.8. The SMILES string of the molecule is CC(=O)c1c[nH]c(C(=O)N2CCC(NS(=O)(=O)c3ccccc3)CC2)c1. The Morgan fingerprint density at radius 2 is 1.81 bits per heavy atom. The molecule has 0 aliphatic carbocycles. The number of amides is 1. The van der Waals surface area contributed by atoms with Gasteiger partial charge in [-0.05, 0) is 38.0 Å². The van der Waals surface area contributed by atoms with Crippen molar-refractivity contribution in [2.24, 2.45) is 0 Å². The number of H-pyrrole nitrogens is 1. The number of aromatic nitrogens is 1. The summed E-state index contributed by atoms with van der Waals surface area (Å²) < 4.78 is 27.5. The third-order valence-corrected chi connectivity index (χ3v) is 6.01. The standard InChI is InChI=1S/C18H21N3O4S/c1-13(22)14-11-17(19-12-14)18(23)21-9-7-15(8-10-21)20-26(24,25)16-5-3-2-4-6-16/h2-6,11-12,15,19-20H,7-10H2,1H3. The number of rotatable bonds is 5. The zero-order valence-electron chi connectivity index (χ0n) is 14.4. The van der Waals surface area contributed by atoms with Gasteiger partial charge in [0.2, 0.25) is 10.0 Å². The number of nitrogens with one attached hydrogen (secondary N) is 2. The maximum Gasteiger partial charge on any atom is 0.270 e. The highest BCUT2D eigenvalue weighted by Gasteiger charge is 2.27. The van der Waals surface area contributed by atoms with E-state index in [-0.39, 0.29) is 22.6 Å². The van der Waals surface area contributed by atoms with E-state index in [0.29, 0.717) is 37.2 Å². The first kappa shape index (κ1) is 18.3. The first-order valence-corrected chi connectivity index (χ1v) is 9.91. The lowest BCUT2D eigenvalue weighted by molar-refractivity contribution is 0.0706. The second kappa shape index (κ2) is 7.43. The summed E-state index contributed by atoms with van der Waals surface area (Å²) in [6.45, 7) is 2.35. The van der Waals surface area contributed by atoms with E-state index in [1.165, 1.54) is 13.1 Å². The molecule has 1 aromatic heterocycles. The molecule has 0 unspecified atom stereocenters. The van der Waals surface area contributed by atoms with Gasteiger partial charge in [0.05, 0.1) is 4.90 Å². The molecule has 1 aromatic carbocycles. The molecule has 1 amide bonds. The number of hydrogen-bond acceptors (Lipinski definition) is 4. The molecule has 0 atom stereocenters. The number of hydrogen-bond donors (Lipinski definition) is 2. The highest BCUT2D eigenvalue weighted by Crippen LogP contribution is 2.17. The Morgan fingerprint density at radius 1 is 1.15 bits per heavy atom. The molecule has 138 valence electrons. The van der Waals surface area contributed by atoms with E-state index >= 15 is 0 Å². The van der Waals surface area contributed by atoms with Crippen molar-refractivity contribution < 1.29 is 18.0 Å². The molecular weight excluding hydrogens is 354 g/mol. The monoisotopic (exact) mass is 375 g/mol. The third kappa shape index (κ3) is 4.03. The average Bonchev–Trinajstić information content (AvgIpc) is 3.13. The molecule has 1 aliphatic rings. The average molecular weight is 375 g/mol. The predicted octanol–water partition coefficient (Wildman–Crippen LogP) is 1.80. The van der Waals surface area contributed by atoms with Crippen LogP contribution in [0.3, 0.4) is 0 Å². The van der Waals surface area contributed by atoms with Crippen LogP contribution in [0.5, 0.6) is 0 Å². The summed E-state index contributed by atoms with van der Waals surface area (Å²) >= 11 is 0. The van der Waals surface area contributed by atoms with Crippen molar-refractivity contribution >= 4 is 21.7 Å². The molecule has 7 nitrogen and oxygen atoms in total. The highest BCUT2D eigenvalue weighted by atomic mass is 32.2. The van der Waals surface area contributed by atoms with Crippen LogP contribution >= 0.6 is 0 Å². The Morgan fingerprint density at radius 3 is 2.38 bits per heavy atom. The van der Waals surface area contributed by atoms with E-state index in [1.807, 2.05) is 0 Å². The number of Topliss-reactive ketones (excluding diaryl/α,β-unsaturated/α-hetero) is 1. The Balaban J connectivity index is 1.58. The van der Waals surface area contributed by atoms with Crippen LogP contribution in [0.4, 0.5) is 0 Å². The highest BCUT2D eigenvalue weighted by molar-refractivity contribution is 7.89. The van der Waals surface area contributed by atoms with Gasteiger partial charge in [0.15, 0.2) is 5.78 Å². The Bertz CT molecular complexity index is 898. The number of nitrogens with zero attached hydrogens (tertiary/aromatic N) is 1. The molecule has 26 heavy (non-hydrogen) atoms. The van der Waals surface area contributed by atoms with E-state index in [1.54, 1.807) is 41.3 Å². The molecular formula is C18H21N3O4S. The van der Waals surface area contributed by atoms with Gasteiger partial charge in [-0.1, -0.05) is 18.2 Å². The van der Waals surface area contributed by atoms with Gasteiger partial charge >= 0.3 is 0 Å². The van der Waals surface area contributed by atoms with E-state index in [4.69, 9.17) is 0 Å². The van der Waals surface area contributed by atoms with Crippen molar-refractivity contribution in [3.05, 3.63) is 53.9 Å². The van der Waals surface area contributed by atoms with Gasteiger partial charge in [0, 0.05) is 30.9 Å². The van der Waals surface area contributed by atoms with Crippen molar-refractivity contribution in [3.63, 3.8) is 0 Å². The molecule has 8 heteroatoms. The predicted molar refractivity (Wildman–Crippen MR) is 96.5 cm³/mol. The van der Waals surface area contributed by atoms with Gasteiger partial charge in [-0.2, -0.15) is 0 Å². The molecule has 1 saturated heterocycles. The van der Waals surface area contributed by atoms with E-state index in [0.717, 1.165) is 0 Å². The van der Waals surface area contributed by atoms with Gasteiger partial charge in [0.25, 0.3) is 5.91 Å². The summed E-state index contributed by atoms with van der Waals surface area (Å²) in [5.41, 5.74) is 0.845. The van der Waals surface area contributed by atoms with E-state index in [9.17, 15) is 18.0 Å². The first-order chi connectivity index (χ1) is 12.4. The second-order valence-electron chi connectivity index (χ2n) is 6.36. The van der Waals surface area contributed by atoms with Gasteiger partial charge in [-0.3, -0.25) is 9.59 Å². The van der Waals surface area contributed by atoms with Crippen molar-refractivity contribution in [1.82, 2.24) is 14.6 Å². The molecule has 0 bridgehead atoms. The van der Waals surface area contributed by atoms with Crippen LogP contribution in [0.1, 0.15) is 40.6 Å². The molecule has 1 aliphatic heterocycles. The smallest absolute Gasteiger partial charge is 0.270 e. The minimum atomic E-state index is -3.55. The summed E-state index contributed by atoms with van der Waals surface area (Å²) in [6, 6.07) is 9.58. The Kier molecular flexibility index (Phi) is 5.24. The molecule has 2 heterocycles. The zero-order valence-corrected chi connectivity index (χ0v) is 15.3. The van der Waals surface area contributed by atoms with E-state index < -0.39 is 10.0 Å². The molecule has 3 rings (SSSR count). The number of carbonyl (C=O) groups excluding carboxylic acids is 2. The second-order valence-corrected chi connectivity index (χ2v) is 8.07. The largest absolute Gasteiger partial charge is 0.356 e. The van der Waals surface area contributed by atoms with E-state index in [2.05, 4.69) is 9.71 Å². The third-order valence-electron chi connectivity index (χ3n) is 4.48. The lowest BCUT2D eigenvalue weighted by Gasteiger charge is -2.32. The van der Waals surface area contributed by atoms with Crippen LogP contribution in [0, 0.1) is 0 Å². The Hall–Kier alpha value is -2.45. The van der Waals surface area contributed by atoms with Gasteiger partial charge < -0.3 is 9.88 Å². The lowest BCUT2D eigenvalue weighted by atomic mass is 10.1.